The van der Waals surface area contributed by atoms with Gasteiger partial charge in [0.15, 0.2) is 0 Å². The second-order valence-corrected chi connectivity index (χ2v) is 15.8. The van der Waals surface area contributed by atoms with Crippen molar-refractivity contribution in [3.63, 3.8) is 0 Å². The number of aliphatic hydroxyl groups is 2. The zero-order valence-corrected chi connectivity index (χ0v) is 34.7. The first-order chi connectivity index (χ1) is 28.9. The molecule has 0 aromatic heterocycles. The number of ether oxygens (including phenoxy) is 5. The minimum atomic E-state index is -1.42. The lowest BCUT2D eigenvalue weighted by molar-refractivity contribution is -0.255. The van der Waals surface area contributed by atoms with Gasteiger partial charge in [0, 0.05) is 50.6 Å². The van der Waals surface area contributed by atoms with Crippen LogP contribution in [0.4, 0.5) is 9.59 Å². The zero-order valence-electron chi connectivity index (χ0n) is 34.7. The molecule has 2 aliphatic heterocycles. The lowest BCUT2D eigenvalue weighted by atomic mass is 9.55. The van der Waals surface area contributed by atoms with Gasteiger partial charge in [-0.05, 0) is 93.0 Å². The van der Waals surface area contributed by atoms with Gasteiger partial charge in [-0.1, -0.05) is 67.4 Å². The van der Waals surface area contributed by atoms with Crippen molar-refractivity contribution in [1.82, 2.24) is 10.2 Å². The lowest BCUT2D eigenvalue weighted by Gasteiger charge is -2.59. The Hall–Kier alpha value is -4.43. The van der Waals surface area contributed by atoms with Crippen LogP contribution in [0.1, 0.15) is 102 Å². The maximum absolute atomic E-state index is 14.0. The molecule has 2 aromatic carbocycles. The molecule has 4 aliphatic rings. The number of rotatable bonds is 20. The van der Waals surface area contributed by atoms with Crippen molar-refractivity contribution in [2.75, 3.05) is 39.6 Å². The fraction of sp³-hybridized carbons (Fsp3) is 0.587. The van der Waals surface area contributed by atoms with Gasteiger partial charge < -0.3 is 44.1 Å². The molecule has 1 saturated heterocycles. The first-order valence-electron chi connectivity index (χ1n) is 21.7. The molecule has 0 radical (unpaired) electrons. The molecule has 1 saturated carbocycles. The Bertz CT molecular complexity index is 1750. The average molecular weight is 818 g/mol. The molecule has 0 bridgehead atoms. The maximum Gasteiger partial charge on any atom is 0.412 e. The third-order valence-corrected chi connectivity index (χ3v) is 11.9. The van der Waals surface area contributed by atoms with Crippen LogP contribution >= 0.6 is 0 Å². The third kappa shape index (κ3) is 10.5. The van der Waals surface area contributed by atoms with Gasteiger partial charge in [0.1, 0.15) is 17.5 Å². The van der Waals surface area contributed by atoms with Crippen molar-refractivity contribution in [3.05, 3.63) is 84.0 Å². The average Bonchev–Trinajstić information content (AvgIpc) is 3.25. The summed E-state index contributed by atoms with van der Waals surface area (Å²) in [6.45, 7) is 9.59. The van der Waals surface area contributed by atoms with Crippen LogP contribution in [0.15, 0.2) is 78.0 Å². The molecule has 2 heterocycles. The van der Waals surface area contributed by atoms with Gasteiger partial charge in [0.2, 0.25) is 12.1 Å². The van der Waals surface area contributed by atoms with E-state index in [4.69, 9.17) is 33.7 Å². The smallest absolute Gasteiger partial charge is 0.412 e. The number of allylic oxidation sites excluding steroid dienone is 1. The summed E-state index contributed by atoms with van der Waals surface area (Å²) < 4.78 is 31.8. The number of fused-ring (bicyclic) bond motifs is 2. The number of amides is 2. The topological polar surface area (TPSA) is 158 Å². The van der Waals surface area contributed by atoms with Crippen molar-refractivity contribution in [3.8, 4) is 11.5 Å². The van der Waals surface area contributed by atoms with E-state index < -0.39 is 36.2 Å². The van der Waals surface area contributed by atoms with Crippen LogP contribution in [0, 0.1) is 17.8 Å². The Labute approximate surface area is 348 Å². The van der Waals surface area contributed by atoms with E-state index in [0.717, 1.165) is 61.6 Å². The third-order valence-electron chi connectivity index (χ3n) is 11.9. The molecule has 13 heteroatoms. The summed E-state index contributed by atoms with van der Waals surface area (Å²) in [6.07, 6.45) is 10.5. The summed E-state index contributed by atoms with van der Waals surface area (Å²) in [6, 6.07) is 14.4. The van der Waals surface area contributed by atoms with Crippen LogP contribution < -0.4 is 14.8 Å². The number of aliphatic hydroxyl groups excluding tert-OH is 2. The number of unbranched alkanes of at least 4 members (excludes halogenated alkanes) is 2. The number of benzene rings is 2. The van der Waals surface area contributed by atoms with Crippen LogP contribution in [0.25, 0.3) is 0 Å². The quantitative estimate of drug-likeness (QED) is 0.0680. The molecule has 7 unspecified atom stereocenters. The molecule has 2 fully saturated rings. The van der Waals surface area contributed by atoms with E-state index in [1.165, 1.54) is 0 Å². The van der Waals surface area contributed by atoms with E-state index in [9.17, 15) is 19.8 Å². The number of hydrogen-bond acceptors (Lipinski definition) is 11. The van der Waals surface area contributed by atoms with Crippen LogP contribution in [0.3, 0.4) is 0 Å². The van der Waals surface area contributed by atoms with Crippen molar-refractivity contribution < 1.29 is 48.3 Å². The number of oxime groups is 1. The predicted molar refractivity (Wildman–Crippen MR) is 223 cm³/mol. The summed E-state index contributed by atoms with van der Waals surface area (Å²) in [4.78, 5) is 35.2. The van der Waals surface area contributed by atoms with Crippen LogP contribution in [-0.4, -0.2) is 90.7 Å². The lowest BCUT2D eigenvalue weighted by Crippen LogP contribution is -2.70. The first-order valence-corrected chi connectivity index (χ1v) is 21.7. The highest BCUT2D eigenvalue weighted by atomic mass is 16.8. The Kier molecular flexibility index (Phi) is 16.2. The van der Waals surface area contributed by atoms with E-state index >= 15 is 0 Å². The van der Waals surface area contributed by atoms with E-state index in [1.54, 1.807) is 24.0 Å². The molecule has 13 nitrogen and oxygen atoms in total. The second kappa shape index (κ2) is 21.7. The molecule has 6 rings (SSSR count). The zero-order chi connectivity index (χ0) is 41.6. The summed E-state index contributed by atoms with van der Waals surface area (Å²) in [5.74, 6) is -1.22. The highest BCUT2D eigenvalue weighted by Crippen LogP contribution is 2.62. The minimum Gasteiger partial charge on any atom is -0.459 e. The first kappa shape index (κ1) is 44.1. The van der Waals surface area contributed by atoms with Gasteiger partial charge >= 0.3 is 12.2 Å². The Morgan fingerprint density at radius 2 is 1.85 bits per heavy atom. The number of nitrogens with zero attached hydrogens (tertiary/aromatic N) is 2. The van der Waals surface area contributed by atoms with E-state index in [0.29, 0.717) is 56.2 Å². The van der Waals surface area contributed by atoms with Crippen molar-refractivity contribution in [1.29, 1.82) is 0 Å². The van der Waals surface area contributed by atoms with Crippen LogP contribution in [-0.2, 0) is 25.6 Å². The van der Waals surface area contributed by atoms with Crippen molar-refractivity contribution in [2.24, 2.45) is 22.9 Å². The summed E-state index contributed by atoms with van der Waals surface area (Å²) >= 11 is 0. The summed E-state index contributed by atoms with van der Waals surface area (Å²) in [5.41, 5.74) is 3.39. The maximum atomic E-state index is 14.0. The SMILES string of the molecule is C=CCOC12Oc3ccc(OC(=O)NCc4ccccc4)cc3C3C(CCCCO)C(CCCCO)C=C(C(=NOC4CCCCO4)CC1N(CCC)C(=O)OCC)C32. The Morgan fingerprint density at radius 3 is 2.56 bits per heavy atom. The fourth-order valence-electron chi connectivity index (χ4n) is 9.36. The van der Waals surface area contributed by atoms with E-state index in [-0.39, 0.29) is 50.6 Å². The highest BCUT2D eigenvalue weighted by molar-refractivity contribution is 6.03. The van der Waals surface area contributed by atoms with Crippen molar-refractivity contribution in [2.45, 2.75) is 115 Å². The molecule has 0 spiro atoms. The van der Waals surface area contributed by atoms with Gasteiger partial charge in [-0.15, -0.1) is 6.58 Å². The second-order valence-electron chi connectivity index (χ2n) is 15.8. The van der Waals surface area contributed by atoms with Crippen molar-refractivity contribution >= 4 is 17.9 Å². The summed E-state index contributed by atoms with van der Waals surface area (Å²) in [7, 11) is 0. The van der Waals surface area contributed by atoms with Crippen LogP contribution in [0.5, 0.6) is 11.5 Å². The monoisotopic (exact) mass is 817 g/mol. The molecular formula is C46H63N3O10. The van der Waals surface area contributed by atoms with Gasteiger partial charge in [-0.2, -0.15) is 0 Å². The molecule has 59 heavy (non-hydrogen) atoms. The fourth-order valence-corrected chi connectivity index (χ4v) is 9.36. The Morgan fingerprint density at radius 1 is 1.05 bits per heavy atom. The molecular weight excluding hydrogens is 755 g/mol. The van der Waals surface area contributed by atoms with E-state index in [2.05, 4.69) is 18.0 Å². The highest BCUT2D eigenvalue weighted by Gasteiger charge is 2.65. The van der Waals surface area contributed by atoms with Gasteiger partial charge in [0.25, 0.3) is 0 Å². The number of nitrogens with one attached hydrogen (secondary N) is 1. The number of carbonyl (C=O) groups is 2. The summed E-state index contributed by atoms with van der Waals surface area (Å²) in [5, 5.41) is 27.5. The molecule has 322 valence electrons. The number of carbonyl (C=O) groups excluding carboxylic acids is 2. The van der Waals surface area contributed by atoms with Gasteiger partial charge in [-0.3, -0.25) is 4.90 Å². The number of hydrogen-bond donors (Lipinski definition) is 3. The molecule has 2 aromatic rings. The van der Waals surface area contributed by atoms with Gasteiger partial charge in [0.05, 0.1) is 31.5 Å². The molecule has 7 atom stereocenters. The molecule has 2 aliphatic carbocycles. The van der Waals surface area contributed by atoms with Gasteiger partial charge in [-0.25, -0.2) is 9.59 Å². The standard InChI is InChI=1S/C46H63N3O10/c1-4-23-49(45(53)54-6-3)40-30-38(48-59-41-20-12-15-27-55-41)36-28-33(18-10-13-24-50)35(19-11-14-25-51)42-37-29-34(57-44(52)47-31-32-16-8-7-9-17-32)21-22-39(37)58-46(40,43(36)42)56-26-5-2/h5,7-9,16-17,21-22,28-29,33,35,40-43,50-51H,2,4,6,10-15,18-20,23-27,30-31H2,1,3H3,(H,47,52). The molecule has 2 amide bonds. The minimum absolute atomic E-state index is 0.00956. The molecule has 3 N–H and O–H groups in total. The normalized spacial score (nSPS) is 26.4. The Balaban J connectivity index is 1.52. The predicted octanol–water partition coefficient (Wildman–Crippen LogP) is 8.00. The van der Waals surface area contributed by atoms with E-state index in [1.807, 2.05) is 49.4 Å². The largest absolute Gasteiger partial charge is 0.459 e. The van der Waals surface area contributed by atoms with Crippen LogP contribution in [0.2, 0.25) is 0 Å².